The Morgan fingerprint density at radius 1 is 1.24 bits per heavy atom. The Balaban J connectivity index is 1.83. The molecule has 0 atom stereocenters. The Bertz CT molecular complexity index is 350. The number of hydrogen-bond donors (Lipinski definition) is 0. The van der Waals surface area contributed by atoms with Crippen LogP contribution < -0.4 is 0 Å². The van der Waals surface area contributed by atoms with Crippen molar-refractivity contribution in [1.29, 1.82) is 0 Å². The maximum atomic E-state index is 3.77. The first-order chi connectivity index (χ1) is 8.28. The van der Waals surface area contributed by atoms with E-state index in [0.29, 0.717) is 0 Å². The zero-order valence-corrected chi connectivity index (χ0v) is 10.7. The van der Waals surface area contributed by atoms with E-state index in [2.05, 4.69) is 47.7 Å². The third-order valence-electron chi connectivity index (χ3n) is 3.31. The van der Waals surface area contributed by atoms with Crippen LogP contribution in [-0.4, -0.2) is 36.6 Å². The quantitative estimate of drug-likeness (QED) is 0.767. The van der Waals surface area contributed by atoms with Crippen LogP contribution >= 0.6 is 0 Å². The largest absolute Gasteiger partial charge is 0.290 e. The number of benzene rings is 1. The minimum absolute atomic E-state index is 1.02. The van der Waals surface area contributed by atoms with Gasteiger partial charge >= 0.3 is 0 Å². The van der Waals surface area contributed by atoms with Crippen LogP contribution in [0.1, 0.15) is 24.0 Å². The molecule has 1 saturated heterocycles. The summed E-state index contributed by atoms with van der Waals surface area (Å²) >= 11 is 0. The molecule has 0 N–H and O–H groups in total. The summed E-state index contributed by atoms with van der Waals surface area (Å²) in [6.45, 7) is 8.41. The summed E-state index contributed by atoms with van der Waals surface area (Å²) in [4.78, 5) is 4.91. The van der Waals surface area contributed by atoms with Gasteiger partial charge in [0.1, 0.15) is 0 Å². The molecule has 0 unspecified atom stereocenters. The van der Waals surface area contributed by atoms with E-state index in [1.807, 2.05) is 6.08 Å². The normalized spacial score (nSPS) is 16.6. The van der Waals surface area contributed by atoms with Gasteiger partial charge in [0.2, 0.25) is 0 Å². The maximum Gasteiger partial charge on any atom is 0.0506 e. The van der Waals surface area contributed by atoms with Crippen LogP contribution in [0.4, 0.5) is 0 Å². The number of nitrogens with zero attached hydrogens (tertiary/aromatic N) is 2. The second kappa shape index (κ2) is 5.99. The van der Waals surface area contributed by atoms with Crippen LogP contribution in [0.2, 0.25) is 0 Å². The molecule has 1 aliphatic rings. The van der Waals surface area contributed by atoms with Crippen LogP contribution in [-0.2, 0) is 6.54 Å². The molecule has 0 saturated carbocycles. The number of likely N-dealkylation sites (tertiary alicyclic amines) is 1. The first-order valence-electron chi connectivity index (χ1n) is 6.40. The Morgan fingerprint density at radius 3 is 2.47 bits per heavy atom. The third kappa shape index (κ3) is 3.69. The molecule has 0 radical (unpaired) electrons. The fourth-order valence-corrected chi connectivity index (χ4v) is 2.39. The fourth-order valence-electron chi connectivity index (χ4n) is 2.39. The van der Waals surface area contributed by atoms with Crippen molar-refractivity contribution in [2.24, 2.45) is 0 Å². The van der Waals surface area contributed by atoms with Gasteiger partial charge in [-0.25, -0.2) is 0 Å². The highest BCUT2D eigenvalue weighted by Gasteiger charge is 2.13. The molecule has 0 spiro atoms. The molecule has 92 valence electrons. The first-order valence-corrected chi connectivity index (χ1v) is 6.40. The van der Waals surface area contributed by atoms with E-state index in [1.54, 1.807) is 0 Å². The number of rotatable bonds is 5. The SMILES string of the molecule is C=Cc1ccc(CN(C)CN2CCCC2)cc1. The van der Waals surface area contributed by atoms with Gasteiger partial charge in [0.15, 0.2) is 0 Å². The molecule has 1 aromatic rings. The number of hydrogen-bond acceptors (Lipinski definition) is 2. The lowest BCUT2D eigenvalue weighted by Gasteiger charge is -2.23. The monoisotopic (exact) mass is 230 g/mol. The van der Waals surface area contributed by atoms with Crippen LogP contribution in [0.5, 0.6) is 0 Å². The van der Waals surface area contributed by atoms with Crippen LogP contribution in [0, 0.1) is 0 Å². The zero-order valence-electron chi connectivity index (χ0n) is 10.7. The van der Waals surface area contributed by atoms with E-state index >= 15 is 0 Å². The predicted octanol–water partition coefficient (Wildman–Crippen LogP) is 2.81. The van der Waals surface area contributed by atoms with Gasteiger partial charge in [0, 0.05) is 6.54 Å². The van der Waals surface area contributed by atoms with Crippen LogP contribution in [0.15, 0.2) is 30.8 Å². The lowest BCUT2D eigenvalue weighted by atomic mass is 10.1. The lowest BCUT2D eigenvalue weighted by molar-refractivity contribution is 0.176. The van der Waals surface area contributed by atoms with E-state index in [4.69, 9.17) is 0 Å². The topological polar surface area (TPSA) is 6.48 Å². The summed E-state index contributed by atoms with van der Waals surface area (Å²) in [7, 11) is 2.19. The molecule has 1 aliphatic heterocycles. The molecular weight excluding hydrogens is 208 g/mol. The highest BCUT2D eigenvalue weighted by Crippen LogP contribution is 2.11. The summed E-state index contributed by atoms with van der Waals surface area (Å²) in [5.41, 5.74) is 2.56. The van der Waals surface area contributed by atoms with Crippen molar-refractivity contribution < 1.29 is 0 Å². The van der Waals surface area contributed by atoms with E-state index in [0.717, 1.165) is 13.2 Å². The fraction of sp³-hybridized carbons (Fsp3) is 0.467. The van der Waals surface area contributed by atoms with Gasteiger partial charge in [-0.3, -0.25) is 9.80 Å². The summed E-state index contributed by atoms with van der Waals surface area (Å²) < 4.78 is 0. The molecule has 2 heteroatoms. The Kier molecular flexibility index (Phi) is 4.35. The Hall–Kier alpha value is -1.12. The van der Waals surface area contributed by atoms with Gasteiger partial charge < -0.3 is 0 Å². The second-order valence-electron chi connectivity index (χ2n) is 4.93. The molecule has 0 bridgehead atoms. The van der Waals surface area contributed by atoms with E-state index in [9.17, 15) is 0 Å². The molecule has 0 aliphatic carbocycles. The van der Waals surface area contributed by atoms with Crippen molar-refractivity contribution in [2.75, 3.05) is 26.8 Å². The van der Waals surface area contributed by atoms with Crippen molar-refractivity contribution >= 4 is 6.08 Å². The van der Waals surface area contributed by atoms with Gasteiger partial charge in [-0.15, -0.1) is 0 Å². The van der Waals surface area contributed by atoms with Crippen molar-refractivity contribution in [1.82, 2.24) is 9.80 Å². The Labute approximate surface area is 105 Å². The average Bonchev–Trinajstić information content (AvgIpc) is 2.82. The van der Waals surface area contributed by atoms with E-state index in [1.165, 1.54) is 37.1 Å². The summed E-state index contributed by atoms with van der Waals surface area (Å²) in [5.74, 6) is 0. The molecule has 2 nitrogen and oxygen atoms in total. The smallest absolute Gasteiger partial charge is 0.0506 e. The third-order valence-corrected chi connectivity index (χ3v) is 3.31. The molecular formula is C15H22N2. The van der Waals surface area contributed by atoms with Gasteiger partial charge in [0.05, 0.1) is 6.67 Å². The molecule has 0 amide bonds. The van der Waals surface area contributed by atoms with Gasteiger partial charge in [-0.05, 0) is 44.1 Å². The maximum absolute atomic E-state index is 3.77. The summed E-state index contributed by atoms with van der Waals surface area (Å²) in [6.07, 6.45) is 4.61. The van der Waals surface area contributed by atoms with Gasteiger partial charge in [0.25, 0.3) is 0 Å². The van der Waals surface area contributed by atoms with Crippen molar-refractivity contribution in [3.63, 3.8) is 0 Å². The van der Waals surface area contributed by atoms with Crippen molar-refractivity contribution in [2.45, 2.75) is 19.4 Å². The first kappa shape index (κ1) is 12.3. The van der Waals surface area contributed by atoms with Gasteiger partial charge in [-0.1, -0.05) is 36.9 Å². The van der Waals surface area contributed by atoms with Crippen LogP contribution in [0.25, 0.3) is 6.08 Å². The minimum atomic E-state index is 1.02. The van der Waals surface area contributed by atoms with E-state index in [-0.39, 0.29) is 0 Å². The lowest BCUT2D eigenvalue weighted by Crippen LogP contribution is -2.33. The van der Waals surface area contributed by atoms with E-state index < -0.39 is 0 Å². The molecule has 1 heterocycles. The zero-order chi connectivity index (χ0) is 12.1. The highest BCUT2D eigenvalue weighted by atomic mass is 15.3. The minimum Gasteiger partial charge on any atom is -0.290 e. The molecule has 0 aromatic heterocycles. The summed E-state index contributed by atoms with van der Waals surface area (Å²) in [6, 6.07) is 8.65. The van der Waals surface area contributed by atoms with Crippen LogP contribution in [0.3, 0.4) is 0 Å². The second-order valence-corrected chi connectivity index (χ2v) is 4.93. The molecule has 1 aromatic carbocycles. The summed E-state index contributed by atoms with van der Waals surface area (Å²) in [5, 5.41) is 0. The highest BCUT2D eigenvalue weighted by molar-refractivity contribution is 5.47. The molecule has 1 fully saturated rings. The Morgan fingerprint density at radius 2 is 1.88 bits per heavy atom. The standard InChI is InChI=1S/C15H22N2/c1-3-14-6-8-15(9-7-14)12-16(2)13-17-10-4-5-11-17/h3,6-9H,1,4-5,10-13H2,2H3. The average molecular weight is 230 g/mol. The van der Waals surface area contributed by atoms with Crippen molar-refractivity contribution in [3.8, 4) is 0 Å². The molecule has 2 rings (SSSR count). The molecule has 17 heavy (non-hydrogen) atoms. The predicted molar refractivity (Wildman–Crippen MR) is 73.7 cm³/mol. The van der Waals surface area contributed by atoms with Crippen molar-refractivity contribution in [3.05, 3.63) is 42.0 Å². The van der Waals surface area contributed by atoms with Gasteiger partial charge in [-0.2, -0.15) is 0 Å².